The van der Waals surface area contributed by atoms with Gasteiger partial charge in [-0.25, -0.2) is 4.79 Å². The highest BCUT2D eigenvalue weighted by Gasteiger charge is 2.22. The van der Waals surface area contributed by atoms with Crippen molar-refractivity contribution in [3.8, 4) is 0 Å². The van der Waals surface area contributed by atoms with Crippen LogP contribution in [0.25, 0.3) is 0 Å². The van der Waals surface area contributed by atoms with Crippen LogP contribution in [0, 0.1) is 0 Å². The number of aliphatic carboxylic acids is 1. The second-order valence-electron chi connectivity index (χ2n) is 4.27. The molecule has 0 saturated carbocycles. The minimum atomic E-state index is -1.07. The number of nitrogens with two attached hydrogens (primary N) is 1. The molecule has 1 aromatic carbocycles. The molecule has 1 atom stereocenters. The van der Waals surface area contributed by atoms with Gasteiger partial charge < -0.3 is 16.2 Å². The van der Waals surface area contributed by atoms with Gasteiger partial charge in [-0.3, -0.25) is 9.48 Å². The summed E-state index contributed by atoms with van der Waals surface area (Å²) in [6.07, 6.45) is 3.05. The summed E-state index contributed by atoms with van der Waals surface area (Å²) < 4.78 is 1.51. The predicted molar refractivity (Wildman–Crippen MR) is 72.2 cm³/mol. The van der Waals surface area contributed by atoms with E-state index in [4.69, 9.17) is 5.73 Å². The SMILES string of the molecule is Cn1cc(C(Nc2ccccc2C(N)=O)C(=O)O)cn1. The summed E-state index contributed by atoms with van der Waals surface area (Å²) in [6, 6.07) is 5.48. The summed E-state index contributed by atoms with van der Waals surface area (Å²) in [5.41, 5.74) is 6.36. The van der Waals surface area contributed by atoms with Crippen LogP contribution in [0.5, 0.6) is 0 Å². The fourth-order valence-electron chi connectivity index (χ4n) is 1.86. The van der Waals surface area contributed by atoms with Crippen LogP contribution in [0.15, 0.2) is 36.7 Å². The smallest absolute Gasteiger partial charge is 0.330 e. The molecule has 0 fully saturated rings. The third-order valence-electron chi connectivity index (χ3n) is 2.80. The van der Waals surface area contributed by atoms with Crippen LogP contribution in [-0.4, -0.2) is 26.8 Å². The zero-order valence-electron chi connectivity index (χ0n) is 10.8. The first-order valence-electron chi connectivity index (χ1n) is 5.85. The van der Waals surface area contributed by atoms with Crippen molar-refractivity contribution < 1.29 is 14.7 Å². The lowest BCUT2D eigenvalue weighted by molar-refractivity contribution is -0.138. The van der Waals surface area contributed by atoms with E-state index < -0.39 is 17.9 Å². The second-order valence-corrected chi connectivity index (χ2v) is 4.27. The second kappa shape index (κ2) is 5.43. The van der Waals surface area contributed by atoms with E-state index in [9.17, 15) is 14.7 Å². The highest BCUT2D eigenvalue weighted by atomic mass is 16.4. The predicted octanol–water partition coefficient (Wildman–Crippen LogP) is 0.757. The van der Waals surface area contributed by atoms with E-state index in [1.54, 1.807) is 31.4 Å². The van der Waals surface area contributed by atoms with E-state index in [0.29, 0.717) is 11.3 Å². The number of nitrogens with one attached hydrogen (secondary N) is 1. The molecular weight excluding hydrogens is 260 g/mol. The number of nitrogens with zero attached hydrogens (tertiary/aromatic N) is 2. The van der Waals surface area contributed by atoms with E-state index in [0.717, 1.165) is 0 Å². The number of carbonyl (C=O) groups is 2. The number of carbonyl (C=O) groups excluding carboxylic acids is 1. The normalized spacial score (nSPS) is 11.8. The van der Waals surface area contributed by atoms with Crippen molar-refractivity contribution in [1.82, 2.24) is 9.78 Å². The van der Waals surface area contributed by atoms with Crippen LogP contribution in [-0.2, 0) is 11.8 Å². The summed E-state index contributed by atoms with van der Waals surface area (Å²) in [4.78, 5) is 22.7. The first-order valence-corrected chi connectivity index (χ1v) is 5.85. The zero-order valence-corrected chi connectivity index (χ0v) is 10.8. The molecule has 7 nitrogen and oxygen atoms in total. The Morgan fingerprint density at radius 3 is 2.65 bits per heavy atom. The number of aromatic nitrogens is 2. The van der Waals surface area contributed by atoms with E-state index in [1.807, 2.05) is 0 Å². The number of rotatable bonds is 5. The van der Waals surface area contributed by atoms with Crippen molar-refractivity contribution in [2.24, 2.45) is 12.8 Å². The van der Waals surface area contributed by atoms with Crippen molar-refractivity contribution in [2.75, 3.05) is 5.32 Å². The molecule has 4 N–H and O–H groups in total. The fourth-order valence-corrected chi connectivity index (χ4v) is 1.86. The van der Waals surface area contributed by atoms with E-state index in [-0.39, 0.29) is 5.56 Å². The number of hydrogen-bond acceptors (Lipinski definition) is 4. The molecule has 1 amide bonds. The quantitative estimate of drug-likeness (QED) is 0.745. The zero-order chi connectivity index (χ0) is 14.7. The number of hydrogen-bond donors (Lipinski definition) is 3. The molecule has 1 heterocycles. The third kappa shape index (κ3) is 2.77. The average molecular weight is 274 g/mol. The largest absolute Gasteiger partial charge is 0.479 e. The van der Waals surface area contributed by atoms with Gasteiger partial charge in [0.1, 0.15) is 0 Å². The van der Waals surface area contributed by atoms with Gasteiger partial charge in [0.05, 0.1) is 11.8 Å². The highest BCUT2D eigenvalue weighted by molar-refractivity contribution is 5.99. The van der Waals surface area contributed by atoms with Gasteiger partial charge in [0.2, 0.25) is 0 Å². The van der Waals surface area contributed by atoms with Crippen LogP contribution in [0.3, 0.4) is 0 Å². The maximum Gasteiger partial charge on any atom is 0.330 e. The van der Waals surface area contributed by atoms with Crippen LogP contribution >= 0.6 is 0 Å². The molecule has 1 aromatic heterocycles. The maximum absolute atomic E-state index is 11.4. The van der Waals surface area contributed by atoms with Gasteiger partial charge in [0.15, 0.2) is 6.04 Å². The van der Waals surface area contributed by atoms with E-state index >= 15 is 0 Å². The Morgan fingerprint density at radius 1 is 1.40 bits per heavy atom. The number of aryl methyl sites for hydroxylation is 1. The maximum atomic E-state index is 11.4. The average Bonchev–Trinajstić information content (AvgIpc) is 2.82. The number of para-hydroxylation sites is 1. The Hall–Kier alpha value is -2.83. The molecule has 0 aliphatic carbocycles. The molecule has 0 bridgehead atoms. The molecule has 20 heavy (non-hydrogen) atoms. The van der Waals surface area contributed by atoms with Gasteiger partial charge in [0.25, 0.3) is 5.91 Å². The van der Waals surface area contributed by atoms with Crippen molar-refractivity contribution in [1.29, 1.82) is 0 Å². The summed E-state index contributed by atoms with van der Waals surface area (Å²) in [5, 5.41) is 16.1. The Kier molecular flexibility index (Phi) is 3.69. The van der Waals surface area contributed by atoms with Gasteiger partial charge in [-0.05, 0) is 12.1 Å². The molecule has 2 rings (SSSR count). The van der Waals surface area contributed by atoms with E-state index in [1.165, 1.54) is 16.9 Å². The first kappa shape index (κ1) is 13.6. The number of benzene rings is 1. The summed E-state index contributed by atoms with van der Waals surface area (Å²) >= 11 is 0. The van der Waals surface area contributed by atoms with Crippen LogP contribution < -0.4 is 11.1 Å². The fraction of sp³-hybridized carbons (Fsp3) is 0.154. The van der Waals surface area contributed by atoms with Gasteiger partial charge in [-0.15, -0.1) is 0 Å². The minimum absolute atomic E-state index is 0.239. The molecule has 1 unspecified atom stereocenters. The molecule has 0 radical (unpaired) electrons. The molecule has 7 heteroatoms. The van der Waals surface area contributed by atoms with Crippen LogP contribution in [0.2, 0.25) is 0 Å². The lowest BCUT2D eigenvalue weighted by Crippen LogP contribution is -2.22. The lowest BCUT2D eigenvalue weighted by Gasteiger charge is -2.16. The minimum Gasteiger partial charge on any atom is -0.479 e. The van der Waals surface area contributed by atoms with Gasteiger partial charge in [0, 0.05) is 24.5 Å². The van der Waals surface area contributed by atoms with Crippen molar-refractivity contribution >= 4 is 17.6 Å². The van der Waals surface area contributed by atoms with Crippen molar-refractivity contribution in [3.63, 3.8) is 0 Å². The summed E-state index contributed by atoms with van der Waals surface area (Å²) in [7, 11) is 1.69. The number of primary amides is 1. The monoisotopic (exact) mass is 274 g/mol. The number of carboxylic acids is 1. The summed E-state index contributed by atoms with van der Waals surface area (Å²) in [5.74, 6) is -1.69. The molecule has 0 spiro atoms. The molecule has 0 aliphatic heterocycles. The van der Waals surface area contributed by atoms with Gasteiger partial charge in [-0.1, -0.05) is 12.1 Å². The first-order chi connectivity index (χ1) is 9.49. The molecule has 0 saturated heterocycles. The topological polar surface area (TPSA) is 110 Å². The third-order valence-corrected chi connectivity index (χ3v) is 2.80. The van der Waals surface area contributed by atoms with Crippen LogP contribution in [0.4, 0.5) is 5.69 Å². The summed E-state index contributed by atoms with van der Waals surface area (Å²) in [6.45, 7) is 0. The van der Waals surface area contributed by atoms with Crippen LogP contribution in [0.1, 0.15) is 22.0 Å². The van der Waals surface area contributed by atoms with E-state index in [2.05, 4.69) is 10.4 Å². The standard InChI is InChI=1S/C13H14N4O3/c1-17-7-8(6-15-17)11(13(19)20)16-10-5-3-2-4-9(10)12(14)18/h2-7,11,16H,1H3,(H2,14,18)(H,19,20). The molecule has 0 aliphatic rings. The number of carboxylic acid groups (broad SMARTS) is 1. The van der Waals surface area contributed by atoms with Crippen molar-refractivity contribution in [2.45, 2.75) is 6.04 Å². The molecular formula is C13H14N4O3. The Morgan fingerprint density at radius 2 is 2.10 bits per heavy atom. The number of anilines is 1. The molecule has 2 aromatic rings. The van der Waals surface area contributed by atoms with Crippen molar-refractivity contribution in [3.05, 3.63) is 47.8 Å². The Balaban J connectivity index is 2.34. The Labute approximate surface area is 115 Å². The Bertz CT molecular complexity index is 651. The molecule has 104 valence electrons. The highest BCUT2D eigenvalue weighted by Crippen LogP contribution is 2.22. The van der Waals surface area contributed by atoms with Gasteiger partial charge in [-0.2, -0.15) is 5.10 Å². The number of amides is 1. The van der Waals surface area contributed by atoms with Gasteiger partial charge >= 0.3 is 5.97 Å². The lowest BCUT2D eigenvalue weighted by atomic mass is 10.1.